The molecule has 0 unspecified atom stereocenters. The molecular weight excluding hydrogens is 1020 g/mol. The van der Waals surface area contributed by atoms with Crippen LogP contribution in [0.3, 0.4) is 0 Å². The largest absolute Gasteiger partial charge is 0.310 e. The highest BCUT2D eigenvalue weighted by atomic mass is 15.1. The Kier molecular flexibility index (Phi) is 15.1. The van der Waals surface area contributed by atoms with E-state index in [4.69, 9.17) is 0 Å². The van der Waals surface area contributed by atoms with Gasteiger partial charge in [-0.25, -0.2) is 0 Å². The fourth-order valence-corrected chi connectivity index (χ4v) is 12.7. The van der Waals surface area contributed by atoms with Gasteiger partial charge in [0, 0.05) is 34.1 Å². The van der Waals surface area contributed by atoms with Crippen LogP contribution in [0, 0.1) is 0 Å². The van der Waals surface area contributed by atoms with Crippen molar-refractivity contribution in [3.05, 3.63) is 326 Å². The third-order valence-corrected chi connectivity index (χ3v) is 16.4. The Labute approximate surface area is 499 Å². The van der Waals surface area contributed by atoms with Crippen molar-refractivity contribution in [2.24, 2.45) is 0 Å². The summed E-state index contributed by atoms with van der Waals surface area (Å²) in [5.74, 6) is 0. The van der Waals surface area contributed by atoms with Gasteiger partial charge in [-0.2, -0.15) is 0 Å². The lowest BCUT2D eigenvalue weighted by molar-refractivity contribution is 1.28. The minimum atomic E-state index is 0.881. The molecule has 0 atom stereocenters. The molecule has 0 aliphatic carbocycles. The average molecular weight is 1090 g/mol. The molecular formula is C83H64N2. The van der Waals surface area contributed by atoms with Crippen molar-refractivity contribution < 1.29 is 0 Å². The molecule has 0 heterocycles. The van der Waals surface area contributed by atoms with E-state index in [9.17, 15) is 0 Å². The minimum absolute atomic E-state index is 0.881. The molecule has 0 amide bonds. The van der Waals surface area contributed by atoms with Crippen molar-refractivity contribution in [3.8, 4) is 66.8 Å². The molecule has 0 bridgehead atoms. The van der Waals surface area contributed by atoms with Gasteiger partial charge in [-0.05, 0) is 196 Å². The maximum Gasteiger partial charge on any atom is 0.0467 e. The number of benzene rings is 13. The summed E-state index contributed by atoms with van der Waals surface area (Å²) in [6.07, 6.45) is 9.64. The van der Waals surface area contributed by atoms with Crippen molar-refractivity contribution in [3.63, 3.8) is 0 Å². The van der Waals surface area contributed by atoms with E-state index in [1.54, 1.807) is 0 Å². The van der Waals surface area contributed by atoms with Crippen LogP contribution in [0.25, 0.3) is 113 Å². The number of fused-ring (bicyclic) bond motifs is 2. The summed E-state index contributed by atoms with van der Waals surface area (Å²) in [4.78, 5) is 4.70. The first-order valence-electron chi connectivity index (χ1n) is 29.4. The summed E-state index contributed by atoms with van der Waals surface area (Å²) in [6.45, 7) is 13.4. The van der Waals surface area contributed by atoms with Crippen molar-refractivity contribution in [1.29, 1.82) is 0 Å². The first-order chi connectivity index (χ1) is 42.0. The third kappa shape index (κ3) is 10.3. The number of para-hydroxylation sites is 2. The van der Waals surface area contributed by atoms with Gasteiger partial charge in [0.2, 0.25) is 0 Å². The van der Waals surface area contributed by atoms with Crippen LogP contribution in [0.4, 0.5) is 34.1 Å². The Morgan fingerprint density at radius 1 is 0.282 bits per heavy atom. The van der Waals surface area contributed by atoms with Gasteiger partial charge in [0.05, 0.1) is 0 Å². The zero-order chi connectivity index (χ0) is 57.6. The molecule has 0 spiro atoms. The van der Waals surface area contributed by atoms with E-state index in [1.165, 1.54) is 60.2 Å². The maximum absolute atomic E-state index is 4.50. The van der Waals surface area contributed by atoms with Crippen molar-refractivity contribution >= 4 is 80.0 Å². The summed E-state index contributed by atoms with van der Waals surface area (Å²) in [6, 6.07) is 105. The second kappa shape index (κ2) is 24.0. The summed E-state index contributed by atoms with van der Waals surface area (Å²) in [5, 5.41) is 7.19. The topological polar surface area (TPSA) is 6.48 Å². The number of hydrogen-bond acceptors (Lipinski definition) is 2. The lowest BCUT2D eigenvalue weighted by atomic mass is 9.83. The molecule has 406 valence electrons. The van der Waals surface area contributed by atoms with E-state index in [1.807, 2.05) is 12.2 Å². The Bertz CT molecular complexity index is 4680. The Hall–Kier alpha value is -10.8. The molecule has 0 radical (unpaired) electrons. The normalized spacial score (nSPS) is 11.7. The van der Waals surface area contributed by atoms with Gasteiger partial charge < -0.3 is 9.80 Å². The Morgan fingerprint density at radius 3 is 0.976 bits per heavy atom. The van der Waals surface area contributed by atoms with Crippen LogP contribution in [0.15, 0.2) is 304 Å². The van der Waals surface area contributed by atoms with Crippen LogP contribution in [-0.4, -0.2) is 0 Å². The summed E-state index contributed by atoms with van der Waals surface area (Å²) in [7, 11) is 0. The highest BCUT2D eigenvalue weighted by molar-refractivity contribution is 6.12. The van der Waals surface area contributed by atoms with Crippen molar-refractivity contribution in [2.75, 3.05) is 9.80 Å². The van der Waals surface area contributed by atoms with Crippen molar-refractivity contribution in [2.45, 2.75) is 20.3 Å². The SMILES string of the molecule is C=Cc1c(C=C)c(-c2cccc(N(c3ccccc3)c3ccc(-c4ccccc4)cc3)c2)c2ccccc2c1-c1ccc(-c2c(=C/C)/c(=C\CC)c(-c3cccc(N(c4ccccc4)c4ccc(-c5ccccc5)cc4)c3)c3ccccc23)cc1. The van der Waals surface area contributed by atoms with Gasteiger partial charge in [0.1, 0.15) is 0 Å². The van der Waals surface area contributed by atoms with E-state index in [0.717, 1.165) is 90.3 Å². The molecule has 0 aromatic heterocycles. The van der Waals surface area contributed by atoms with E-state index in [0.29, 0.717) is 0 Å². The molecule has 2 heteroatoms. The zero-order valence-corrected chi connectivity index (χ0v) is 48.0. The van der Waals surface area contributed by atoms with Crippen LogP contribution < -0.4 is 20.2 Å². The summed E-state index contributed by atoms with van der Waals surface area (Å²) in [5.41, 5.74) is 22.6. The highest BCUT2D eigenvalue weighted by Crippen LogP contribution is 2.46. The van der Waals surface area contributed by atoms with Crippen LogP contribution in [0.2, 0.25) is 0 Å². The standard InChI is InChI=1S/C83H64N2/c1-5-27-75-74(8-4)81(77-41-22-24-43-79(77)83(75)65-33-26-39-71(57-65)85(67-36-19-12-20-37-67)69-54-50-61(51-55-69)59-30-15-10-16-31-59)63-46-44-62(45-47-63)80-72(6-2)73(7-3)82(78-42-23-21-40-76(78)80)64-32-25-38-70(56-64)84(66-34-17-11-18-35-66)68-52-48-60(49-53-68)58-28-13-9-14-29-58/h6-57H,2-3,5H2,1,4H3/b74-8+,75-27+. The fraction of sp³-hybridized carbons (Fsp3) is 0.0361. The summed E-state index contributed by atoms with van der Waals surface area (Å²) < 4.78 is 0. The smallest absolute Gasteiger partial charge is 0.0467 e. The Balaban J connectivity index is 0.904. The van der Waals surface area contributed by atoms with Gasteiger partial charge in [-0.3, -0.25) is 0 Å². The lowest BCUT2D eigenvalue weighted by Crippen LogP contribution is -2.29. The monoisotopic (exact) mass is 1090 g/mol. The van der Waals surface area contributed by atoms with E-state index < -0.39 is 0 Å². The first-order valence-corrected chi connectivity index (χ1v) is 29.4. The molecule has 0 aliphatic rings. The van der Waals surface area contributed by atoms with E-state index in [2.05, 4.69) is 340 Å². The molecule has 13 aromatic rings. The maximum atomic E-state index is 4.50. The average Bonchev–Trinajstić information content (AvgIpc) is 1.45. The van der Waals surface area contributed by atoms with Gasteiger partial charge >= 0.3 is 0 Å². The quantitative estimate of drug-likeness (QED) is 0.101. The number of rotatable bonds is 15. The predicted molar refractivity (Wildman–Crippen MR) is 368 cm³/mol. The van der Waals surface area contributed by atoms with Crippen LogP contribution >= 0.6 is 0 Å². The van der Waals surface area contributed by atoms with Gasteiger partial charge in [-0.15, -0.1) is 0 Å². The molecule has 0 N–H and O–H groups in total. The van der Waals surface area contributed by atoms with Crippen LogP contribution in [0.5, 0.6) is 0 Å². The molecule has 2 nitrogen and oxygen atoms in total. The molecule has 13 rings (SSSR count). The number of hydrogen-bond donors (Lipinski definition) is 0. The minimum Gasteiger partial charge on any atom is -0.310 e. The first kappa shape index (κ1) is 53.5. The Morgan fingerprint density at radius 2 is 0.576 bits per heavy atom. The third-order valence-electron chi connectivity index (χ3n) is 16.4. The van der Waals surface area contributed by atoms with Crippen LogP contribution in [-0.2, 0) is 0 Å². The molecule has 0 aliphatic heterocycles. The molecule has 0 saturated carbocycles. The number of anilines is 6. The molecule has 0 saturated heterocycles. The predicted octanol–water partition coefficient (Wildman–Crippen LogP) is 22.2. The van der Waals surface area contributed by atoms with Crippen molar-refractivity contribution in [1.82, 2.24) is 0 Å². The van der Waals surface area contributed by atoms with E-state index in [-0.39, 0.29) is 0 Å². The second-order valence-electron chi connectivity index (χ2n) is 21.4. The molecule has 0 fully saturated rings. The van der Waals surface area contributed by atoms with E-state index >= 15 is 0 Å². The number of nitrogens with zero attached hydrogens (tertiary/aromatic N) is 2. The fourth-order valence-electron chi connectivity index (χ4n) is 12.7. The van der Waals surface area contributed by atoms with Gasteiger partial charge in [0.25, 0.3) is 0 Å². The lowest BCUT2D eigenvalue weighted by Gasteiger charge is -2.27. The zero-order valence-electron chi connectivity index (χ0n) is 48.0. The molecule has 13 aromatic carbocycles. The highest BCUT2D eigenvalue weighted by Gasteiger charge is 2.23. The molecule has 85 heavy (non-hydrogen) atoms. The second-order valence-corrected chi connectivity index (χ2v) is 21.4. The summed E-state index contributed by atoms with van der Waals surface area (Å²) >= 11 is 0. The van der Waals surface area contributed by atoms with Gasteiger partial charge in [0.15, 0.2) is 0 Å². The van der Waals surface area contributed by atoms with Gasteiger partial charge in [-0.1, -0.05) is 263 Å². The van der Waals surface area contributed by atoms with Crippen LogP contribution in [0.1, 0.15) is 31.4 Å².